The Bertz CT molecular complexity index is 307. The van der Waals surface area contributed by atoms with Gasteiger partial charge in [0.25, 0.3) is 0 Å². The fourth-order valence-electron chi connectivity index (χ4n) is 1.62. The third-order valence-electron chi connectivity index (χ3n) is 2.62. The summed E-state index contributed by atoms with van der Waals surface area (Å²) in [6, 6.07) is 4.25. The van der Waals surface area contributed by atoms with E-state index in [9.17, 15) is 5.11 Å². The first kappa shape index (κ1) is 13.7. The highest BCUT2D eigenvalue weighted by molar-refractivity contribution is 7.11. The molecule has 3 N–H and O–H groups in total. The normalized spacial score (nSPS) is 15.4. The van der Waals surface area contributed by atoms with Crippen molar-refractivity contribution in [2.75, 3.05) is 0 Å². The van der Waals surface area contributed by atoms with Crippen LogP contribution >= 0.6 is 11.3 Å². The molecule has 3 heteroatoms. The molecule has 1 aromatic rings. The van der Waals surface area contributed by atoms with Crippen LogP contribution in [0.3, 0.4) is 0 Å². The zero-order valence-electron chi connectivity index (χ0n) is 10.4. The van der Waals surface area contributed by atoms with Gasteiger partial charge in [-0.1, -0.05) is 13.8 Å². The number of hydrogen-bond acceptors (Lipinski definition) is 3. The first-order chi connectivity index (χ1) is 7.49. The van der Waals surface area contributed by atoms with Crippen molar-refractivity contribution in [1.29, 1.82) is 0 Å². The number of rotatable bonds is 6. The minimum Gasteiger partial charge on any atom is -0.392 e. The van der Waals surface area contributed by atoms with Gasteiger partial charge in [-0.2, -0.15) is 0 Å². The van der Waals surface area contributed by atoms with Crippen molar-refractivity contribution < 1.29 is 5.11 Å². The Labute approximate surface area is 102 Å². The van der Waals surface area contributed by atoms with Crippen molar-refractivity contribution in [1.82, 2.24) is 0 Å². The minimum absolute atomic E-state index is 0.130. The molecule has 0 aliphatic carbocycles. The van der Waals surface area contributed by atoms with Gasteiger partial charge in [-0.05, 0) is 44.2 Å². The summed E-state index contributed by atoms with van der Waals surface area (Å²) < 4.78 is 0. The van der Waals surface area contributed by atoms with Gasteiger partial charge < -0.3 is 10.8 Å². The summed E-state index contributed by atoms with van der Waals surface area (Å²) in [6.45, 7) is 6.32. The molecule has 2 atom stereocenters. The number of hydrogen-bond donors (Lipinski definition) is 2. The van der Waals surface area contributed by atoms with Crippen LogP contribution in [0.15, 0.2) is 12.1 Å². The number of aliphatic hydroxyl groups excluding tert-OH is 1. The van der Waals surface area contributed by atoms with Crippen LogP contribution in [0.1, 0.15) is 36.9 Å². The van der Waals surface area contributed by atoms with Gasteiger partial charge in [0.15, 0.2) is 0 Å². The lowest BCUT2D eigenvalue weighted by molar-refractivity contribution is 0.142. The van der Waals surface area contributed by atoms with Crippen molar-refractivity contribution in [2.24, 2.45) is 11.7 Å². The average molecular weight is 241 g/mol. The Kier molecular flexibility index (Phi) is 5.46. The van der Waals surface area contributed by atoms with Gasteiger partial charge in [-0.15, -0.1) is 11.3 Å². The second-order valence-corrected chi connectivity index (χ2v) is 6.18. The molecular formula is C13H23NOS. The highest BCUT2D eigenvalue weighted by atomic mass is 32.1. The van der Waals surface area contributed by atoms with E-state index in [2.05, 4.69) is 26.0 Å². The first-order valence-corrected chi connectivity index (χ1v) is 6.82. The topological polar surface area (TPSA) is 46.2 Å². The molecule has 92 valence electrons. The van der Waals surface area contributed by atoms with Crippen molar-refractivity contribution in [3.8, 4) is 0 Å². The molecule has 0 aromatic carbocycles. The molecule has 0 fully saturated rings. The predicted molar refractivity (Wildman–Crippen MR) is 70.8 cm³/mol. The molecule has 1 aromatic heterocycles. The van der Waals surface area contributed by atoms with Gasteiger partial charge in [-0.25, -0.2) is 0 Å². The first-order valence-electron chi connectivity index (χ1n) is 6.00. The highest BCUT2D eigenvalue weighted by Gasteiger charge is 2.10. The largest absolute Gasteiger partial charge is 0.392 e. The summed E-state index contributed by atoms with van der Waals surface area (Å²) >= 11 is 1.86. The summed E-state index contributed by atoms with van der Waals surface area (Å²) in [5.41, 5.74) is 5.62. The predicted octanol–water partition coefficient (Wildman–Crippen LogP) is 2.59. The van der Waals surface area contributed by atoms with Crippen LogP contribution < -0.4 is 5.73 Å². The van der Waals surface area contributed by atoms with Crippen LogP contribution in [0.25, 0.3) is 0 Å². The van der Waals surface area contributed by atoms with Crippen LogP contribution in [-0.2, 0) is 12.8 Å². The van der Waals surface area contributed by atoms with Gasteiger partial charge in [0.1, 0.15) is 0 Å². The number of thiophene rings is 1. The third-order valence-corrected chi connectivity index (χ3v) is 3.79. The molecule has 0 spiro atoms. The summed E-state index contributed by atoms with van der Waals surface area (Å²) in [7, 11) is 0. The average Bonchev–Trinajstić information content (AvgIpc) is 2.60. The Hall–Kier alpha value is -0.380. The second kappa shape index (κ2) is 6.38. The molecule has 16 heavy (non-hydrogen) atoms. The number of aliphatic hydroxyl groups is 1. The van der Waals surface area contributed by atoms with Crippen LogP contribution in [0, 0.1) is 5.92 Å². The molecule has 0 aliphatic heterocycles. The maximum Gasteiger partial charge on any atom is 0.0691 e. The zero-order chi connectivity index (χ0) is 12.1. The minimum atomic E-state index is -0.379. The van der Waals surface area contributed by atoms with E-state index in [1.165, 1.54) is 9.75 Å². The molecule has 0 radical (unpaired) electrons. The van der Waals surface area contributed by atoms with E-state index in [1.807, 2.05) is 18.3 Å². The lowest BCUT2D eigenvalue weighted by atomic mass is 10.1. The Morgan fingerprint density at radius 3 is 2.44 bits per heavy atom. The van der Waals surface area contributed by atoms with E-state index >= 15 is 0 Å². The summed E-state index contributed by atoms with van der Waals surface area (Å²) in [5.74, 6) is 0.709. The molecule has 0 bridgehead atoms. The summed E-state index contributed by atoms with van der Waals surface area (Å²) in [4.78, 5) is 2.80. The van der Waals surface area contributed by atoms with E-state index in [-0.39, 0.29) is 12.1 Å². The van der Waals surface area contributed by atoms with E-state index < -0.39 is 0 Å². The van der Waals surface area contributed by atoms with Gasteiger partial charge in [-0.3, -0.25) is 0 Å². The molecule has 0 aliphatic rings. The van der Waals surface area contributed by atoms with E-state index in [4.69, 9.17) is 5.73 Å². The fourth-order valence-corrected chi connectivity index (χ4v) is 2.87. The van der Waals surface area contributed by atoms with E-state index in [1.54, 1.807) is 0 Å². The van der Waals surface area contributed by atoms with Gasteiger partial charge >= 0.3 is 0 Å². The quantitative estimate of drug-likeness (QED) is 0.804. The van der Waals surface area contributed by atoms with Gasteiger partial charge in [0, 0.05) is 15.8 Å². The standard InChI is InChI=1S/C13H23NOS/c1-9(2)8-12-5-4-11(16-12)6-7-13(15)10(3)14/h4-5,9-10,13,15H,6-8,14H2,1-3H3. The molecule has 1 heterocycles. The molecular weight excluding hydrogens is 218 g/mol. The molecule has 0 amide bonds. The number of nitrogens with two attached hydrogens (primary N) is 1. The van der Waals surface area contributed by atoms with Crippen LogP contribution in [0.4, 0.5) is 0 Å². The Morgan fingerprint density at radius 1 is 1.25 bits per heavy atom. The van der Waals surface area contributed by atoms with Crippen LogP contribution in [-0.4, -0.2) is 17.3 Å². The van der Waals surface area contributed by atoms with E-state index in [0.717, 1.165) is 19.3 Å². The Morgan fingerprint density at radius 2 is 1.88 bits per heavy atom. The number of aryl methyl sites for hydroxylation is 1. The lowest BCUT2D eigenvalue weighted by Gasteiger charge is -2.13. The van der Waals surface area contributed by atoms with E-state index in [0.29, 0.717) is 5.92 Å². The van der Waals surface area contributed by atoms with Crippen LogP contribution in [0.2, 0.25) is 0 Å². The molecule has 2 unspecified atom stereocenters. The highest BCUT2D eigenvalue weighted by Crippen LogP contribution is 2.21. The smallest absolute Gasteiger partial charge is 0.0691 e. The second-order valence-electron chi connectivity index (χ2n) is 4.93. The van der Waals surface area contributed by atoms with Crippen molar-refractivity contribution >= 4 is 11.3 Å². The van der Waals surface area contributed by atoms with Gasteiger partial charge in [0.2, 0.25) is 0 Å². The third kappa shape index (κ3) is 4.64. The Balaban J connectivity index is 2.40. The molecule has 1 rings (SSSR count). The van der Waals surface area contributed by atoms with Gasteiger partial charge in [0.05, 0.1) is 6.10 Å². The molecule has 0 saturated heterocycles. The van der Waals surface area contributed by atoms with Crippen molar-refractivity contribution in [3.63, 3.8) is 0 Å². The van der Waals surface area contributed by atoms with Crippen molar-refractivity contribution in [2.45, 2.75) is 52.2 Å². The zero-order valence-corrected chi connectivity index (χ0v) is 11.3. The fraction of sp³-hybridized carbons (Fsp3) is 0.692. The van der Waals surface area contributed by atoms with Crippen LogP contribution in [0.5, 0.6) is 0 Å². The molecule has 2 nitrogen and oxygen atoms in total. The SMILES string of the molecule is CC(C)Cc1ccc(CCC(O)C(C)N)s1. The summed E-state index contributed by atoms with van der Waals surface area (Å²) in [6.07, 6.45) is 2.47. The summed E-state index contributed by atoms with van der Waals surface area (Å²) in [5, 5.41) is 9.62. The van der Waals surface area contributed by atoms with Crippen molar-refractivity contribution in [3.05, 3.63) is 21.9 Å². The monoisotopic (exact) mass is 241 g/mol. The maximum atomic E-state index is 9.62. The maximum absolute atomic E-state index is 9.62. The molecule has 0 saturated carbocycles. The lowest BCUT2D eigenvalue weighted by Crippen LogP contribution is -2.31.